The van der Waals surface area contributed by atoms with E-state index in [1.54, 1.807) is 12.4 Å². The molecule has 0 saturated carbocycles. The van der Waals surface area contributed by atoms with E-state index in [4.69, 9.17) is 9.15 Å². The summed E-state index contributed by atoms with van der Waals surface area (Å²) in [6, 6.07) is 0.588. The Morgan fingerprint density at radius 1 is 0.833 bits per heavy atom. The third-order valence-electron chi connectivity index (χ3n) is 4.47. The summed E-state index contributed by atoms with van der Waals surface area (Å²) >= 11 is 0. The minimum atomic E-state index is 0.428. The van der Waals surface area contributed by atoms with Crippen molar-refractivity contribution in [1.29, 1.82) is 0 Å². The molecule has 24 heavy (non-hydrogen) atoms. The summed E-state index contributed by atoms with van der Waals surface area (Å²) in [5.41, 5.74) is 0.618. The second kappa shape index (κ2) is 7.12. The maximum Gasteiger partial charge on any atom is 0.318 e. The Kier molecular flexibility index (Phi) is 4.55. The molecule has 2 aromatic heterocycles. The van der Waals surface area contributed by atoms with Crippen LogP contribution in [0.3, 0.4) is 0 Å². The number of rotatable bonds is 3. The molecule has 0 amide bonds. The SMILES string of the molecule is c1ncc(N2CCOCC2)nc1-c1nnc(N2CCCCCC2)o1. The quantitative estimate of drug-likeness (QED) is 0.842. The van der Waals surface area contributed by atoms with Crippen molar-refractivity contribution in [3.63, 3.8) is 0 Å². The number of anilines is 2. The number of hydrogen-bond donors (Lipinski definition) is 0. The predicted octanol–water partition coefficient (Wildman–Crippen LogP) is 1.74. The van der Waals surface area contributed by atoms with Crippen molar-refractivity contribution in [1.82, 2.24) is 20.2 Å². The molecular weight excluding hydrogens is 308 g/mol. The van der Waals surface area contributed by atoms with Gasteiger partial charge in [0.15, 0.2) is 0 Å². The zero-order chi connectivity index (χ0) is 16.2. The van der Waals surface area contributed by atoms with E-state index >= 15 is 0 Å². The highest BCUT2D eigenvalue weighted by Gasteiger charge is 2.19. The van der Waals surface area contributed by atoms with Crippen molar-refractivity contribution in [3.05, 3.63) is 12.4 Å². The first kappa shape index (κ1) is 15.3. The second-order valence-corrected chi connectivity index (χ2v) is 6.15. The summed E-state index contributed by atoms with van der Waals surface area (Å²) in [5, 5.41) is 8.38. The summed E-state index contributed by atoms with van der Waals surface area (Å²) in [5.74, 6) is 1.25. The largest absolute Gasteiger partial charge is 0.401 e. The van der Waals surface area contributed by atoms with Crippen LogP contribution in [0.2, 0.25) is 0 Å². The molecule has 2 aliphatic rings. The molecule has 2 saturated heterocycles. The minimum Gasteiger partial charge on any atom is -0.401 e. The van der Waals surface area contributed by atoms with Gasteiger partial charge in [0.25, 0.3) is 5.89 Å². The lowest BCUT2D eigenvalue weighted by Crippen LogP contribution is -2.36. The van der Waals surface area contributed by atoms with Crippen LogP contribution in [-0.4, -0.2) is 59.6 Å². The molecule has 0 atom stereocenters. The molecule has 0 unspecified atom stereocenters. The lowest BCUT2D eigenvalue weighted by molar-refractivity contribution is 0.122. The number of hydrogen-bond acceptors (Lipinski definition) is 8. The predicted molar refractivity (Wildman–Crippen MR) is 89.0 cm³/mol. The monoisotopic (exact) mass is 330 g/mol. The van der Waals surface area contributed by atoms with Gasteiger partial charge in [0, 0.05) is 26.2 Å². The zero-order valence-corrected chi connectivity index (χ0v) is 13.7. The van der Waals surface area contributed by atoms with Gasteiger partial charge in [-0.3, -0.25) is 4.98 Å². The van der Waals surface area contributed by atoms with E-state index in [1.165, 1.54) is 25.7 Å². The van der Waals surface area contributed by atoms with Crippen LogP contribution in [0.5, 0.6) is 0 Å². The summed E-state index contributed by atoms with van der Waals surface area (Å²) in [6.07, 6.45) is 8.31. The summed E-state index contributed by atoms with van der Waals surface area (Å²) in [4.78, 5) is 13.3. The van der Waals surface area contributed by atoms with Crippen molar-refractivity contribution in [3.8, 4) is 11.6 Å². The van der Waals surface area contributed by atoms with E-state index in [-0.39, 0.29) is 0 Å². The number of aromatic nitrogens is 4. The third kappa shape index (κ3) is 3.33. The van der Waals surface area contributed by atoms with Gasteiger partial charge in [-0.05, 0) is 12.8 Å². The molecule has 8 heteroatoms. The van der Waals surface area contributed by atoms with Gasteiger partial charge < -0.3 is 19.0 Å². The van der Waals surface area contributed by atoms with Crippen LogP contribution in [0.15, 0.2) is 16.8 Å². The highest BCUT2D eigenvalue weighted by molar-refractivity contribution is 5.51. The lowest BCUT2D eigenvalue weighted by Gasteiger charge is -2.27. The molecule has 2 aliphatic heterocycles. The molecule has 0 radical (unpaired) electrons. The molecular formula is C16H22N6O2. The Morgan fingerprint density at radius 3 is 2.42 bits per heavy atom. The average Bonchev–Trinajstić information content (AvgIpc) is 2.98. The summed E-state index contributed by atoms with van der Waals surface area (Å²) < 4.78 is 11.2. The van der Waals surface area contributed by atoms with Crippen LogP contribution >= 0.6 is 0 Å². The van der Waals surface area contributed by atoms with Crippen molar-refractivity contribution in [2.24, 2.45) is 0 Å². The maximum atomic E-state index is 5.87. The van der Waals surface area contributed by atoms with Crippen molar-refractivity contribution in [2.75, 3.05) is 49.2 Å². The number of morpholine rings is 1. The van der Waals surface area contributed by atoms with E-state index in [0.29, 0.717) is 30.8 Å². The van der Waals surface area contributed by atoms with Crippen LogP contribution in [0, 0.1) is 0 Å². The van der Waals surface area contributed by atoms with Gasteiger partial charge in [0.05, 0.1) is 25.6 Å². The average molecular weight is 330 g/mol. The molecule has 4 heterocycles. The first-order valence-corrected chi connectivity index (χ1v) is 8.64. The molecule has 0 aromatic carbocycles. The first-order chi connectivity index (χ1) is 11.9. The molecule has 0 N–H and O–H groups in total. The molecule has 0 spiro atoms. The molecule has 0 aliphatic carbocycles. The van der Waals surface area contributed by atoms with Crippen LogP contribution < -0.4 is 9.80 Å². The Bertz CT molecular complexity index is 662. The van der Waals surface area contributed by atoms with Gasteiger partial charge in [-0.15, -0.1) is 5.10 Å². The number of nitrogens with zero attached hydrogens (tertiary/aromatic N) is 6. The van der Waals surface area contributed by atoms with E-state index in [9.17, 15) is 0 Å². The van der Waals surface area contributed by atoms with Crippen molar-refractivity contribution < 1.29 is 9.15 Å². The van der Waals surface area contributed by atoms with Crippen LogP contribution in [-0.2, 0) is 4.74 Å². The van der Waals surface area contributed by atoms with Crippen LogP contribution in [0.1, 0.15) is 25.7 Å². The van der Waals surface area contributed by atoms with Gasteiger partial charge in [-0.25, -0.2) is 4.98 Å². The fraction of sp³-hybridized carbons (Fsp3) is 0.625. The molecule has 4 rings (SSSR count). The molecule has 2 aromatic rings. The Labute approximate surface area is 140 Å². The van der Waals surface area contributed by atoms with Gasteiger partial charge in [-0.2, -0.15) is 0 Å². The summed E-state index contributed by atoms with van der Waals surface area (Å²) in [6.45, 7) is 5.02. The Hall–Kier alpha value is -2.22. The van der Waals surface area contributed by atoms with E-state index in [1.807, 2.05) is 0 Å². The maximum absolute atomic E-state index is 5.87. The number of ether oxygens (including phenoxy) is 1. The topological polar surface area (TPSA) is 80.4 Å². The summed E-state index contributed by atoms with van der Waals surface area (Å²) in [7, 11) is 0. The van der Waals surface area contributed by atoms with E-state index < -0.39 is 0 Å². The lowest BCUT2D eigenvalue weighted by atomic mass is 10.2. The highest BCUT2D eigenvalue weighted by atomic mass is 16.5. The normalized spacial score (nSPS) is 19.3. The smallest absolute Gasteiger partial charge is 0.318 e. The van der Waals surface area contributed by atoms with Gasteiger partial charge in [-0.1, -0.05) is 17.9 Å². The Morgan fingerprint density at radius 2 is 1.62 bits per heavy atom. The second-order valence-electron chi connectivity index (χ2n) is 6.15. The first-order valence-electron chi connectivity index (χ1n) is 8.64. The van der Waals surface area contributed by atoms with E-state index in [0.717, 1.165) is 32.0 Å². The van der Waals surface area contributed by atoms with Crippen LogP contribution in [0.25, 0.3) is 11.6 Å². The zero-order valence-electron chi connectivity index (χ0n) is 13.7. The molecule has 2 fully saturated rings. The Balaban J connectivity index is 1.53. The van der Waals surface area contributed by atoms with Gasteiger partial charge in [0.2, 0.25) is 0 Å². The third-order valence-corrected chi connectivity index (χ3v) is 4.47. The van der Waals surface area contributed by atoms with E-state index in [2.05, 4.69) is 30.0 Å². The minimum absolute atomic E-state index is 0.428. The molecule has 128 valence electrons. The molecule has 8 nitrogen and oxygen atoms in total. The van der Waals surface area contributed by atoms with Crippen LogP contribution in [0.4, 0.5) is 11.8 Å². The van der Waals surface area contributed by atoms with Gasteiger partial charge >= 0.3 is 6.01 Å². The highest BCUT2D eigenvalue weighted by Crippen LogP contribution is 2.24. The molecule has 0 bridgehead atoms. The standard InChI is InChI=1S/C16H22N6O2/c1-2-4-6-22(5-3-1)16-20-19-15(24-16)13-11-17-12-14(18-13)21-7-9-23-10-8-21/h11-12H,1-10H2. The van der Waals surface area contributed by atoms with Crippen molar-refractivity contribution >= 4 is 11.8 Å². The van der Waals surface area contributed by atoms with Gasteiger partial charge in [0.1, 0.15) is 11.5 Å². The fourth-order valence-electron chi connectivity index (χ4n) is 3.11. The fourth-order valence-corrected chi connectivity index (χ4v) is 3.11. The van der Waals surface area contributed by atoms with Crippen molar-refractivity contribution in [2.45, 2.75) is 25.7 Å².